The van der Waals surface area contributed by atoms with Gasteiger partial charge in [0.15, 0.2) is 0 Å². The van der Waals surface area contributed by atoms with Gasteiger partial charge in [0, 0.05) is 0 Å². The van der Waals surface area contributed by atoms with E-state index in [0.717, 1.165) is 5.56 Å². The Bertz CT molecular complexity index is 258. The molecule has 0 amide bonds. The zero-order valence-corrected chi connectivity index (χ0v) is 7.65. The van der Waals surface area contributed by atoms with Crippen molar-refractivity contribution >= 4 is 31.0 Å². The number of hydrogen-bond donors (Lipinski definition) is 0. The van der Waals surface area contributed by atoms with Crippen LogP contribution in [0.25, 0.3) is 0 Å². The van der Waals surface area contributed by atoms with Crippen molar-refractivity contribution in [3.8, 4) is 0 Å². The molecule has 0 aliphatic rings. The van der Waals surface area contributed by atoms with Gasteiger partial charge < -0.3 is 0 Å². The van der Waals surface area contributed by atoms with Gasteiger partial charge in [-0.2, -0.15) is 0 Å². The van der Waals surface area contributed by atoms with Gasteiger partial charge in [-0.1, -0.05) is 47.6 Å². The van der Waals surface area contributed by atoms with Gasteiger partial charge >= 0.3 is 0 Å². The summed E-state index contributed by atoms with van der Waals surface area (Å²) in [5.41, 5.74) is 0.999. The van der Waals surface area contributed by atoms with Crippen LogP contribution in [-0.2, 0) is 0 Å². The first kappa shape index (κ1) is 8.96. The fourth-order valence-corrected chi connectivity index (χ4v) is 1.10. The standard InChI is InChI=1S/C8H7BCl2/c1-5(9)6-2-3-7(10)8(11)4-6/h2-5H,1H3. The quantitative estimate of drug-likeness (QED) is 0.589. The molecule has 2 radical (unpaired) electrons. The molecule has 56 valence electrons. The van der Waals surface area contributed by atoms with Crippen molar-refractivity contribution in [3.05, 3.63) is 33.8 Å². The van der Waals surface area contributed by atoms with E-state index in [1.807, 2.05) is 13.0 Å². The first-order valence-electron chi connectivity index (χ1n) is 3.32. The lowest BCUT2D eigenvalue weighted by Crippen LogP contribution is -1.90. The molecule has 0 fully saturated rings. The van der Waals surface area contributed by atoms with Gasteiger partial charge in [0.1, 0.15) is 0 Å². The maximum absolute atomic E-state index is 5.77. The number of rotatable bonds is 1. The highest BCUT2D eigenvalue weighted by Crippen LogP contribution is 2.24. The molecule has 1 aromatic carbocycles. The van der Waals surface area contributed by atoms with Crippen molar-refractivity contribution in [2.45, 2.75) is 12.7 Å². The van der Waals surface area contributed by atoms with E-state index in [1.165, 1.54) is 0 Å². The summed E-state index contributed by atoms with van der Waals surface area (Å²) in [5.74, 6) is 0.00441. The molecule has 0 aliphatic carbocycles. The van der Waals surface area contributed by atoms with Crippen molar-refractivity contribution < 1.29 is 0 Å². The summed E-state index contributed by atoms with van der Waals surface area (Å²) in [6.45, 7) is 1.90. The third-order valence-electron chi connectivity index (χ3n) is 1.47. The van der Waals surface area contributed by atoms with Crippen LogP contribution in [0.2, 0.25) is 10.0 Å². The maximum Gasteiger partial charge on any atom is 0.0759 e. The second kappa shape index (κ2) is 3.51. The Morgan fingerprint density at radius 3 is 2.36 bits per heavy atom. The van der Waals surface area contributed by atoms with Gasteiger partial charge in [-0.3, -0.25) is 0 Å². The minimum atomic E-state index is 0.00441. The van der Waals surface area contributed by atoms with Gasteiger partial charge in [0.2, 0.25) is 0 Å². The smallest absolute Gasteiger partial charge is 0.0759 e. The number of halogens is 2. The highest BCUT2D eigenvalue weighted by Gasteiger charge is 2.01. The Labute approximate surface area is 77.9 Å². The van der Waals surface area contributed by atoms with Crippen LogP contribution < -0.4 is 0 Å². The maximum atomic E-state index is 5.77. The lowest BCUT2D eigenvalue weighted by atomic mass is 9.83. The lowest BCUT2D eigenvalue weighted by Gasteiger charge is -2.05. The van der Waals surface area contributed by atoms with E-state index in [0.29, 0.717) is 10.0 Å². The predicted molar refractivity (Wildman–Crippen MR) is 50.6 cm³/mol. The van der Waals surface area contributed by atoms with Gasteiger partial charge in [-0.25, -0.2) is 0 Å². The van der Waals surface area contributed by atoms with Crippen LogP contribution in [0.1, 0.15) is 18.3 Å². The van der Waals surface area contributed by atoms with Gasteiger partial charge in [0.05, 0.1) is 17.9 Å². The van der Waals surface area contributed by atoms with E-state index in [1.54, 1.807) is 12.1 Å². The van der Waals surface area contributed by atoms with E-state index >= 15 is 0 Å². The second-order valence-electron chi connectivity index (χ2n) is 2.46. The highest BCUT2D eigenvalue weighted by molar-refractivity contribution is 6.42. The Kier molecular flexibility index (Phi) is 2.86. The van der Waals surface area contributed by atoms with Gasteiger partial charge in [-0.15, -0.1) is 0 Å². The molecule has 0 bridgehead atoms. The van der Waals surface area contributed by atoms with E-state index in [9.17, 15) is 0 Å². The molecule has 0 aliphatic heterocycles. The van der Waals surface area contributed by atoms with Gasteiger partial charge in [-0.05, 0) is 12.1 Å². The summed E-state index contributed by atoms with van der Waals surface area (Å²) >= 11 is 11.5. The van der Waals surface area contributed by atoms with E-state index < -0.39 is 0 Å². The molecule has 3 heteroatoms. The van der Waals surface area contributed by atoms with Crippen LogP contribution in [0.5, 0.6) is 0 Å². The normalized spacial score (nSPS) is 13.0. The Morgan fingerprint density at radius 1 is 1.27 bits per heavy atom. The monoisotopic (exact) mass is 184 g/mol. The molecule has 1 unspecified atom stereocenters. The van der Waals surface area contributed by atoms with Crippen molar-refractivity contribution in [1.82, 2.24) is 0 Å². The summed E-state index contributed by atoms with van der Waals surface area (Å²) in [4.78, 5) is 0. The zero-order valence-electron chi connectivity index (χ0n) is 6.14. The minimum Gasteiger partial charge on any atom is -0.0827 e. The van der Waals surface area contributed by atoms with E-state index in [2.05, 4.69) is 0 Å². The minimum absolute atomic E-state index is 0.00441. The highest BCUT2D eigenvalue weighted by atomic mass is 35.5. The lowest BCUT2D eigenvalue weighted by molar-refractivity contribution is 1.08. The van der Waals surface area contributed by atoms with Crippen molar-refractivity contribution in [1.29, 1.82) is 0 Å². The molecule has 0 heterocycles. The van der Waals surface area contributed by atoms with Crippen LogP contribution in [0.15, 0.2) is 18.2 Å². The topological polar surface area (TPSA) is 0 Å². The number of hydrogen-bond acceptors (Lipinski definition) is 0. The second-order valence-corrected chi connectivity index (χ2v) is 3.28. The molecule has 0 aromatic heterocycles. The molecule has 1 atom stereocenters. The third kappa shape index (κ3) is 2.15. The van der Waals surface area contributed by atoms with Crippen LogP contribution in [0, 0.1) is 0 Å². The average molecular weight is 185 g/mol. The van der Waals surface area contributed by atoms with Gasteiger partial charge in [0.25, 0.3) is 0 Å². The molecule has 0 nitrogen and oxygen atoms in total. The average Bonchev–Trinajstić information content (AvgIpc) is 1.94. The van der Waals surface area contributed by atoms with Crippen LogP contribution in [0.4, 0.5) is 0 Å². The van der Waals surface area contributed by atoms with E-state index in [-0.39, 0.29) is 5.82 Å². The summed E-state index contributed by atoms with van der Waals surface area (Å²) < 4.78 is 0. The fourth-order valence-electron chi connectivity index (χ4n) is 0.796. The summed E-state index contributed by atoms with van der Waals surface area (Å²) in [5, 5.41) is 1.12. The van der Waals surface area contributed by atoms with Crippen LogP contribution >= 0.6 is 23.2 Å². The van der Waals surface area contributed by atoms with Crippen molar-refractivity contribution in [3.63, 3.8) is 0 Å². The summed E-state index contributed by atoms with van der Waals surface area (Å²) in [6, 6.07) is 5.41. The largest absolute Gasteiger partial charge is 0.0827 e. The zero-order chi connectivity index (χ0) is 8.43. The molecule has 1 aromatic rings. The predicted octanol–water partition coefficient (Wildman–Crippen LogP) is 3.22. The molecule has 1 rings (SSSR count). The Hall–Kier alpha value is -0.135. The molecule has 0 spiro atoms. The fraction of sp³-hybridized carbons (Fsp3) is 0.250. The van der Waals surface area contributed by atoms with Crippen LogP contribution in [-0.4, -0.2) is 7.85 Å². The first-order chi connectivity index (χ1) is 5.11. The Balaban J connectivity index is 3.05. The summed E-state index contributed by atoms with van der Waals surface area (Å²) in [6.07, 6.45) is 0. The van der Waals surface area contributed by atoms with Crippen molar-refractivity contribution in [2.75, 3.05) is 0 Å². The first-order valence-corrected chi connectivity index (χ1v) is 4.07. The van der Waals surface area contributed by atoms with E-state index in [4.69, 9.17) is 31.0 Å². The molecule has 0 saturated carbocycles. The number of benzene rings is 1. The molecule has 0 saturated heterocycles. The molecule has 11 heavy (non-hydrogen) atoms. The SMILES string of the molecule is [B]C(C)c1ccc(Cl)c(Cl)c1. The third-order valence-corrected chi connectivity index (χ3v) is 2.21. The van der Waals surface area contributed by atoms with Crippen molar-refractivity contribution in [2.24, 2.45) is 0 Å². The summed E-state index contributed by atoms with van der Waals surface area (Å²) in [7, 11) is 5.63. The Morgan fingerprint density at radius 2 is 1.91 bits per heavy atom. The molecular weight excluding hydrogens is 178 g/mol. The molecular formula is C8H7BCl2. The molecule has 0 N–H and O–H groups in total. The van der Waals surface area contributed by atoms with Crippen LogP contribution in [0.3, 0.4) is 0 Å².